The van der Waals surface area contributed by atoms with E-state index in [0.717, 1.165) is 78.1 Å². The number of hydrogen-bond acceptors (Lipinski definition) is 4. The lowest BCUT2D eigenvalue weighted by Crippen LogP contribution is -2.53. The van der Waals surface area contributed by atoms with Crippen LogP contribution in [0.5, 0.6) is 0 Å². The topological polar surface area (TPSA) is 43.3 Å². The Bertz CT molecular complexity index is 571. The van der Waals surface area contributed by atoms with Crippen LogP contribution in [0.2, 0.25) is 0 Å². The van der Waals surface area contributed by atoms with Crippen LogP contribution in [0.1, 0.15) is 12.5 Å². The highest BCUT2D eigenvalue weighted by molar-refractivity contribution is 14.0. The standard InChI is InChI=1S/C21H35N5O.HI/c1-19(17-25-12-14-27-15-13-25)16-23-21(22-2)26-10-8-24(9-11-26)18-20-6-4-3-5-7-20;/h3-7,19H,8-18H2,1-2H3,(H,22,23);1H. The average Bonchev–Trinajstić information content (AvgIpc) is 2.71. The Morgan fingerprint density at radius 1 is 1.04 bits per heavy atom. The summed E-state index contributed by atoms with van der Waals surface area (Å²) in [6.07, 6.45) is 0. The molecule has 1 atom stereocenters. The van der Waals surface area contributed by atoms with Gasteiger partial charge < -0.3 is 15.0 Å². The van der Waals surface area contributed by atoms with Gasteiger partial charge in [-0.05, 0) is 11.5 Å². The van der Waals surface area contributed by atoms with Gasteiger partial charge in [0.25, 0.3) is 0 Å². The van der Waals surface area contributed by atoms with Gasteiger partial charge in [0.15, 0.2) is 5.96 Å². The number of benzene rings is 1. The van der Waals surface area contributed by atoms with Gasteiger partial charge >= 0.3 is 0 Å². The molecule has 158 valence electrons. The number of hydrogen-bond donors (Lipinski definition) is 1. The van der Waals surface area contributed by atoms with Crippen LogP contribution in [0, 0.1) is 5.92 Å². The maximum Gasteiger partial charge on any atom is 0.193 e. The van der Waals surface area contributed by atoms with Crippen LogP contribution in [0.3, 0.4) is 0 Å². The molecule has 2 aliphatic rings. The average molecular weight is 501 g/mol. The molecule has 0 radical (unpaired) electrons. The predicted molar refractivity (Wildman–Crippen MR) is 126 cm³/mol. The molecule has 6 nitrogen and oxygen atoms in total. The Morgan fingerprint density at radius 2 is 1.71 bits per heavy atom. The highest BCUT2D eigenvalue weighted by Gasteiger charge is 2.20. The molecular weight excluding hydrogens is 465 g/mol. The molecule has 0 aromatic heterocycles. The summed E-state index contributed by atoms with van der Waals surface area (Å²) in [5.41, 5.74) is 1.39. The molecule has 2 fully saturated rings. The number of guanidine groups is 1. The number of halogens is 1. The van der Waals surface area contributed by atoms with E-state index in [1.807, 2.05) is 7.05 Å². The van der Waals surface area contributed by atoms with Gasteiger partial charge in [0.05, 0.1) is 13.2 Å². The molecule has 0 amide bonds. The van der Waals surface area contributed by atoms with Crippen LogP contribution < -0.4 is 5.32 Å². The van der Waals surface area contributed by atoms with Crippen molar-refractivity contribution in [3.63, 3.8) is 0 Å². The Kier molecular flexibility index (Phi) is 10.5. The molecule has 2 aliphatic heterocycles. The number of aliphatic imine (C=N–C) groups is 1. The summed E-state index contributed by atoms with van der Waals surface area (Å²) in [4.78, 5) is 11.9. The first-order valence-corrected chi connectivity index (χ1v) is 10.3. The summed E-state index contributed by atoms with van der Waals surface area (Å²) in [6.45, 7) is 13.5. The molecule has 0 saturated carbocycles. The van der Waals surface area contributed by atoms with Crippen molar-refractivity contribution in [2.24, 2.45) is 10.9 Å². The van der Waals surface area contributed by atoms with E-state index in [1.54, 1.807) is 0 Å². The van der Waals surface area contributed by atoms with Crippen LogP contribution in [-0.4, -0.2) is 93.3 Å². The normalized spacial score (nSPS) is 20.5. The summed E-state index contributed by atoms with van der Waals surface area (Å²) in [5, 5.41) is 3.59. The van der Waals surface area contributed by atoms with Gasteiger partial charge in [0.2, 0.25) is 0 Å². The Balaban J connectivity index is 0.00000280. The molecule has 2 saturated heterocycles. The van der Waals surface area contributed by atoms with E-state index in [4.69, 9.17) is 4.74 Å². The Hall–Kier alpha value is -0.900. The smallest absolute Gasteiger partial charge is 0.193 e. The zero-order valence-electron chi connectivity index (χ0n) is 17.3. The molecule has 1 aromatic rings. The van der Waals surface area contributed by atoms with Crippen LogP contribution in [0.15, 0.2) is 35.3 Å². The fourth-order valence-corrected chi connectivity index (χ4v) is 3.85. The highest BCUT2D eigenvalue weighted by Crippen LogP contribution is 2.09. The summed E-state index contributed by atoms with van der Waals surface area (Å²) in [7, 11) is 1.89. The van der Waals surface area contributed by atoms with Crippen LogP contribution >= 0.6 is 24.0 Å². The van der Waals surface area contributed by atoms with Gasteiger partial charge in [-0.15, -0.1) is 24.0 Å². The van der Waals surface area contributed by atoms with Gasteiger partial charge in [-0.3, -0.25) is 14.8 Å². The third-order valence-electron chi connectivity index (χ3n) is 5.41. The first-order chi connectivity index (χ1) is 13.2. The van der Waals surface area contributed by atoms with E-state index in [1.165, 1.54) is 5.56 Å². The van der Waals surface area contributed by atoms with Gasteiger partial charge in [-0.1, -0.05) is 37.3 Å². The lowest BCUT2D eigenvalue weighted by Gasteiger charge is -2.37. The molecule has 1 unspecified atom stereocenters. The molecule has 1 aromatic carbocycles. The number of nitrogens with one attached hydrogen (secondary N) is 1. The van der Waals surface area contributed by atoms with Crippen molar-refractivity contribution in [3.8, 4) is 0 Å². The lowest BCUT2D eigenvalue weighted by molar-refractivity contribution is 0.0320. The van der Waals surface area contributed by atoms with E-state index < -0.39 is 0 Å². The lowest BCUT2D eigenvalue weighted by atomic mass is 10.1. The number of morpholine rings is 1. The van der Waals surface area contributed by atoms with Crippen molar-refractivity contribution in [1.29, 1.82) is 0 Å². The van der Waals surface area contributed by atoms with Crippen molar-refractivity contribution < 1.29 is 4.74 Å². The second-order valence-corrected chi connectivity index (χ2v) is 7.70. The second kappa shape index (κ2) is 12.6. The minimum atomic E-state index is 0. The largest absolute Gasteiger partial charge is 0.379 e. The minimum Gasteiger partial charge on any atom is -0.379 e. The van der Waals surface area contributed by atoms with Crippen molar-refractivity contribution in [3.05, 3.63) is 35.9 Å². The van der Waals surface area contributed by atoms with Gasteiger partial charge in [-0.25, -0.2) is 0 Å². The third kappa shape index (κ3) is 7.50. The molecular formula is C21H36IN5O. The van der Waals surface area contributed by atoms with Crippen LogP contribution in [-0.2, 0) is 11.3 Å². The number of rotatable bonds is 6. The van der Waals surface area contributed by atoms with E-state index in [0.29, 0.717) is 5.92 Å². The summed E-state index contributed by atoms with van der Waals surface area (Å²) in [6, 6.07) is 10.7. The number of ether oxygens (including phenoxy) is 1. The molecule has 7 heteroatoms. The summed E-state index contributed by atoms with van der Waals surface area (Å²) >= 11 is 0. The monoisotopic (exact) mass is 501 g/mol. The van der Waals surface area contributed by atoms with E-state index in [9.17, 15) is 0 Å². The second-order valence-electron chi connectivity index (χ2n) is 7.70. The van der Waals surface area contributed by atoms with E-state index in [-0.39, 0.29) is 24.0 Å². The van der Waals surface area contributed by atoms with Gasteiger partial charge in [0.1, 0.15) is 0 Å². The van der Waals surface area contributed by atoms with E-state index in [2.05, 4.69) is 62.3 Å². The van der Waals surface area contributed by atoms with Crippen LogP contribution in [0.4, 0.5) is 0 Å². The zero-order valence-corrected chi connectivity index (χ0v) is 19.7. The van der Waals surface area contributed by atoms with E-state index >= 15 is 0 Å². The SMILES string of the molecule is CN=C(NCC(C)CN1CCOCC1)N1CCN(Cc2ccccc2)CC1.I. The quantitative estimate of drug-likeness (QED) is 0.367. The van der Waals surface area contributed by atoms with Crippen molar-refractivity contribution in [2.75, 3.05) is 72.6 Å². The maximum atomic E-state index is 5.44. The Morgan fingerprint density at radius 3 is 2.36 bits per heavy atom. The molecule has 1 N–H and O–H groups in total. The molecule has 0 bridgehead atoms. The fraction of sp³-hybridized carbons (Fsp3) is 0.667. The first-order valence-electron chi connectivity index (χ1n) is 10.3. The number of nitrogens with zero attached hydrogens (tertiary/aromatic N) is 4. The molecule has 28 heavy (non-hydrogen) atoms. The Labute approximate surface area is 187 Å². The van der Waals surface area contributed by atoms with Gasteiger partial charge in [0, 0.05) is 66.0 Å². The maximum absolute atomic E-state index is 5.44. The van der Waals surface area contributed by atoms with Crippen LogP contribution in [0.25, 0.3) is 0 Å². The predicted octanol–water partition coefficient (Wildman–Crippen LogP) is 1.97. The van der Waals surface area contributed by atoms with Crippen molar-refractivity contribution in [2.45, 2.75) is 13.5 Å². The van der Waals surface area contributed by atoms with Crippen molar-refractivity contribution >= 4 is 29.9 Å². The molecule has 2 heterocycles. The van der Waals surface area contributed by atoms with Crippen molar-refractivity contribution in [1.82, 2.24) is 20.0 Å². The minimum absolute atomic E-state index is 0. The summed E-state index contributed by atoms with van der Waals surface area (Å²) < 4.78 is 5.44. The molecule has 0 spiro atoms. The fourth-order valence-electron chi connectivity index (χ4n) is 3.85. The third-order valence-corrected chi connectivity index (χ3v) is 5.41. The van der Waals surface area contributed by atoms with Gasteiger partial charge in [-0.2, -0.15) is 0 Å². The zero-order chi connectivity index (χ0) is 18.9. The number of piperazine rings is 1. The molecule has 3 rings (SSSR count). The summed E-state index contributed by atoms with van der Waals surface area (Å²) in [5.74, 6) is 1.64. The molecule has 0 aliphatic carbocycles. The highest BCUT2D eigenvalue weighted by atomic mass is 127. The first kappa shape index (κ1) is 23.4.